The van der Waals surface area contributed by atoms with Crippen LogP contribution < -0.4 is 0 Å². The summed E-state index contributed by atoms with van der Waals surface area (Å²) in [5, 5.41) is 0. The molecule has 0 spiro atoms. The van der Waals surface area contributed by atoms with Gasteiger partial charge in [-0.1, -0.05) is 46.4 Å². The average molecular weight is 446 g/mol. The van der Waals surface area contributed by atoms with Crippen molar-refractivity contribution in [2.45, 2.75) is 21.0 Å². The van der Waals surface area contributed by atoms with Crippen LogP contribution in [0.4, 0.5) is 35.1 Å². The van der Waals surface area contributed by atoms with Crippen LogP contribution >= 0.6 is 46.4 Å². The van der Waals surface area contributed by atoms with Gasteiger partial charge in [-0.05, 0) is 0 Å². The second-order valence-corrected chi connectivity index (χ2v) is 6.81. The van der Waals surface area contributed by atoms with Crippen molar-refractivity contribution in [2.75, 3.05) is 0 Å². The van der Waals surface area contributed by atoms with Crippen LogP contribution in [0.5, 0.6) is 0 Å². The molecule has 1 fully saturated rings. The van der Waals surface area contributed by atoms with E-state index in [0.29, 0.717) is 0 Å². The molecule has 0 atom stereocenters. The number of alkyl halides is 7. The van der Waals surface area contributed by atoms with Gasteiger partial charge in [0.2, 0.25) is 5.82 Å². The van der Waals surface area contributed by atoms with Crippen LogP contribution in [0.2, 0.25) is 0 Å². The Kier molecular flexibility index (Phi) is 4.69. The highest BCUT2D eigenvalue weighted by atomic mass is 35.5. The van der Waals surface area contributed by atoms with Gasteiger partial charge in [-0.2, -0.15) is 13.2 Å². The third-order valence-corrected chi connectivity index (χ3v) is 4.55. The molecule has 0 amide bonds. The summed E-state index contributed by atoms with van der Waals surface area (Å²) in [7, 11) is 0. The molecular formula is C10Cl4F8O2. The minimum absolute atomic E-state index is 2.57. The zero-order chi connectivity index (χ0) is 18.9. The fraction of sp³-hybridized carbons (Fsp3) is 0.400. The molecule has 136 valence electrons. The summed E-state index contributed by atoms with van der Waals surface area (Å²) in [6.07, 6.45) is -5.97. The molecule has 1 saturated heterocycles. The van der Waals surface area contributed by atoms with E-state index in [-0.39, 0.29) is 0 Å². The lowest BCUT2D eigenvalue weighted by Gasteiger charge is -2.31. The minimum Gasteiger partial charge on any atom is -0.297 e. The second-order valence-electron chi connectivity index (χ2n) is 4.30. The molecule has 0 bridgehead atoms. The lowest BCUT2D eigenvalue weighted by Crippen LogP contribution is -2.46. The molecule has 0 unspecified atom stereocenters. The van der Waals surface area contributed by atoms with E-state index >= 15 is 0 Å². The summed E-state index contributed by atoms with van der Waals surface area (Å²) in [5.41, 5.74) is -2.57. The van der Waals surface area contributed by atoms with Gasteiger partial charge in [-0.15, -0.1) is 0 Å². The van der Waals surface area contributed by atoms with Gasteiger partial charge in [0.15, 0.2) is 23.3 Å². The molecule has 1 aliphatic heterocycles. The van der Waals surface area contributed by atoms with Crippen molar-refractivity contribution in [3.8, 4) is 0 Å². The van der Waals surface area contributed by atoms with Crippen LogP contribution in [0.1, 0.15) is 5.56 Å². The van der Waals surface area contributed by atoms with E-state index in [4.69, 9.17) is 46.4 Å². The number of halogens is 12. The summed E-state index contributed by atoms with van der Waals surface area (Å²) >= 11 is 21.1. The Morgan fingerprint density at radius 2 is 0.917 bits per heavy atom. The van der Waals surface area contributed by atoms with Gasteiger partial charge >= 0.3 is 12.0 Å². The molecular weight excluding hydrogens is 446 g/mol. The van der Waals surface area contributed by atoms with Crippen molar-refractivity contribution in [3.05, 3.63) is 34.6 Å². The van der Waals surface area contributed by atoms with Crippen LogP contribution in [-0.2, 0) is 15.3 Å². The molecule has 0 N–H and O–H groups in total. The van der Waals surface area contributed by atoms with Gasteiger partial charge in [0.05, 0.1) is 5.56 Å². The number of ether oxygens (including phenoxy) is 2. The zero-order valence-corrected chi connectivity index (χ0v) is 13.4. The first kappa shape index (κ1) is 20.1. The van der Waals surface area contributed by atoms with E-state index in [1.807, 2.05) is 0 Å². The summed E-state index contributed by atoms with van der Waals surface area (Å²) in [4.78, 5) is 0. The molecule has 24 heavy (non-hydrogen) atoms. The fourth-order valence-corrected chi connectivity index (χ4v) is 2.34. The van der Waals surface area contributed by atoms with Crippen molar-refractivity contribution in [1.82, 2.24) is 0 Å². The smallest absolute Gasteiger partial charge is 0.297 e. The highest BCUT2D eigenvalue weighted by Crippen LogP contribution is 2.63. The summed E-state index contributed by atoms with van der Waals surface area (Å²) in [6, 6.07) is 0. The molecule has 1 aliphatic rings. The number of hydrogen-bond acceptors (Lipinski definition) is 2. The van der Waals surface area contributed by atoms with E-state index < -0.39 is 55.7 Å². The Labute approximate surface area is 147 Å². The summed E-state index contributed by atoms with van der Waals surface area (Å²) in [5.74, 6) is -18.6. The van der Waals surface area contributed by atoms with E-state index in [2.05, 4.69) is 9.47 Å². The third-order valence-electron chi connectivity index (χ3n) is 2.79. The van der Waals surface area contributed by atoms with Crippen LogP contribution in [-0.4, -0.2) is 15.2 Å². The van der Waals surface area contributed by atoms with Crippen LogP contribution in [0.15, 0.2) is 0 Å². The standard InChI is InChI=1S/C10Cl4F8O2/c11-8(12)9(13,14)24-7(23-8,10(20,21)22)1-2(15)4(17)6(19)5(18)3(1)16. The average Bonchev–Trinajstić information content (AvgIpc) is 2.60. The van der Waals surface area contributed by atoms with Gasteiger partial charge in [0.1, 0.15) is 0 Å². The maximum absolute atomic E-state index is 13.8. The van der Waals surface area contributed by atoms with E-state index in [9.17, 15) is 35.1 Å². The predicted octanol–water partition coefficient (Wildman–Crippen LogP) is 5.41. The van der Waals surface area contributed by atoms with Crippen molar-refractivity contribution < 1.29 is 44.6 Å². The van der Waals surface area contributed by atoms with Gasteiger partial charge in [-0.25, -0.2) is 22.0 Å². The maximum Gasteiger partial charge on any atom is 0.448 e. The van der Waals surface area contributed by atoms with E-state index in [0.717, 1.165) is 0 Å². The van der Waals surface area contributed by atoms with E-state index in [1.165, 1.54) is 0 Å². The minimum atomic E-state index is -5.97. The Bertz CT molecular complexity index is 660. The first-order valence-electron chi connectivity index (χ1n) is 5.33. The van der Waals surface area contributed by atoms with E-state index in [1.54, 1.807) is 0 Å². The van der Waals surface area contributed by atoms with Gasteiger partial charge in [0.25, 0.3) is 9.04 Å². The normalized spacial score (nSPS) is 22.0. The molecule has 2 rings (SSSR count). The highest BCUT2D eigenvalue weighted by Gasteiger charge is 2.76. The molecule has 0 saturated carbocycles. The summed E-state index contributed by atoms with van der Waals surface area (Å²) < 4.78 is 109. The van der Waals surface area contributed by atoms with Crippen LogP contribution in [0.3, 0.4) is 0 Å². The Hall–Kier alpha value is -0.260. The quantitative estimate of drug-likeness (QED) is 0.249. The molecule has 0 aliphatic carbocycles. The Morgan fingerprint density at radius 3 is 1.21 bits per heavy atom. The maximum atomic E-state index is 13.8. The first-order valence-corrected chi connectivity index (χ1v) is 6.85. The van der Waals surface area contributed by atoms with Gasteiger partial charge in [0, 0.05) is 0 Å². The van der Waals surface area contributed by atoms with Gasteiger partial charge in [-0.3, -0.25) is 9.47 Å². The predicted molar refractivity (Wildman–Crippen MR) is 65.0 cm³/mol. The Balaban J connectivity index is 2.89. The third kappa shape index (κ3) is 2.62. The molecule has 0 radical (unpaired) electrons. The lowest BCUT2D eigenvalue weighted by atomic mass is 10.0. The van der Waals surface area contributed by atoms with Crippen molar-refractivity contribution >= 4 is 46.4 Å². The second kappa shape index (κ2) is 5.62. The number of hydrogen-bond donors (Lipinski definition) is 0. The lowest BCUT2D eigenvalue weighted by molar-refractivity contribution is -0.361. The Morgan fingerprint density at radius 1 is 0.625 bits per heavy atom. The highest BCUT2D eigenvalue weighted by molar-refractivity contribution is 6.61. The molecule has 1 aromatic rings. The van der Waals surface area contributed by atoms with Crippen molar-refractivity contribution in [3.63, 3.8) is 0 Å². The SMILES string of the molecule is Fc1c(F)c(F)c(C2(C(F)(F)F)OC(Cl)(Cl)C(Cl)(Cl)O2)c(F)c1F. The first-order chi connectivity index (χ1) is 10.6. The van der Waals surface area contributed by atoms with Crippen LogP contribution in [0.25, 0.3) is 0 Å². The van der Waals surface area contributed by atoms with Crippen molar-refractivity contribution in [2.24, 2.45) is 0 Å². The fourth-order valence-electron chi connectivity index (χ4n) is 1.75. The van der Waals surface area contributed by atoms with Gasteiger partial charge < -0.3 is 0 Å². The van der Waals surface area contributed by atoms with Crippen LogP contribution in [0, 0.1) is 29.1 Å². The zero-order valence-electron chi connectivity index (χ0n) is 10.4. The molecule has 1 aromatic carbocycles. The molecule has 0 aromatic heterocycles. The topological polar surface area (TPSA) is 18.5 Å². The molecule has 2 nitrogen and oxygen atoms in total. The molecule has 14 heteroatoms. The number of rotatable bonds is 1. The van der Waals surface area contributed by atoms with Crippen molar-refractivity contribution in [1.29, 1.82) is 0 Å². The monoisotopic (exact) mass is 444 g/mol. The largest absolute Gasteiger partial charge is 0.448 e. The number of benzene rings is 1. The summed E-state index contributed by atoms with van der Waals surface area (Å²) in [6.45, 7) is 0. The molecule has 1 heterocycles.